The third kappa shape index (κ3) is 4.24. The Morgan fingerprint density at radius 1 is 1.20 bits per heavy atom. The molecule has 0 aliphatic carbocycles. The lowest BCUT2D eigenvalue weighted by Crippen LogP contribution is -2.50. The summed E-state index contributed by atoms with van der Waals surface area (Å²) in [5, 5.41) is 12.7. The maximum Gasteiger partial charge on any atom is 0.225 e. The Morgan fingerprint density at radius 2 is 1.93 bits per heavy atom. The molecule has 1 aromatic carbocycles. The molecule has 0 saturated carbocycles. The Kier molecular flexibility index (Phi) is 6.14. The summed E-state index contributed by atoms with van der Waals surface area (Å²) in [6.07, 6.45) is 6.23. The second-order valence-electron chi connectivity index (χ2n) is 8.66. The van der Waals surface area contributed by atoms with Gasteiger partial charge in [-0.1, -0.05) is 13.8 Å². The van der Waals surface area contributed by atoms with E-state index in [4.69, 9.17) is 0 Å². The molecule has 2 atom stereocenters. The lowest BCUT2D eigenvalue weighted by atomic mass is 9.88. The number of fused-ring (bicyclic) bond motifs is 1. The molecule has 7 nitrogen and oxygen atoms in total. The highest BCUT2D eigenvalue weighted by atomic mass is 16.2. The van der Waals surface area contributed by atoms with Crippen LogP contribution >= 0.6 is 0 Å². The van der Waals surface area contributed by atoms with Crippen LogP contribution in [0.5, 0.6) is 0 Å². The number of amides is 1. The van der Waals surface area contributed by atoms with Crippen molar-refractivity contribution in [1.82, 2.24) is 20.2 Å². The number of anilines is 1. The van der Waals surface area contributed by atoms with E-state index in [1.54, 1.807) is 12.4 Å². The molecule has 2 aliphatic heterocycles. The maximum absolute atomic E-state index is 13.1. The SMILES string of the molecule is CCN1CCC(NC(=O)C2CC(C)CN(c3ccc(C#N)c4nccnc34)C2)CC1. The van der Waals surface area contributed by atoms with Gasteiger partial charge in [-0.15, -0.1) is 0 Å². The Labute approximate surface area is 178 Å². The number of piperidine rings is 2. The van der Waals surface area contributed by atoms with E-state index in [1.807, 2.05) is 12.1 Å². The Morgan fingerprint density at radius 3 is 2.63 bits per heavy atom. The molecule has 0 spiro atoms. The number of likely N-dealkylation sites (tertiary alicyclic amines) is 1. The largest absolute Gasteiger partial charge is 0.369 e. The fourth-order valence-corrected chi connectivity index (χ4v) is 4.84. The van der Waals surface area contributed by atoms with Gasteiger partial charge in [-0.3, -0.25) is 14.8 Å². The summed E-state index contributed by atoms with van der Waals surface area (Å²) in [5.41, 5.74) is 2.84. The van der Waals surface area contributed by atoms with Gasteiger partial charge in [0.05, 0.1) is 17.2 Å². The van der Waals surface area contributed by atoms with Crippen molar-refractivity contribution in [2.45, 2.75) is 39.2 Å². The van der Waals surface area contributed by atoms with Crippen LogP contribution < -0.4 is 10.2 Å². The van der Waals surface area contributed by atoms with E-state index in [0.717, 1.165) is 56.6 Å². The molecule has 158 valence electrons. The number of nitriles is 1. The minimum Gasteiger partial charge on any atom is -0.369 e. The van der Waals surface area contributed by atoms with E-state index in [2.05, 4.69) is 45.0 Å². The number of hydrogen-bond donors (Lipinski definition) is 1. The van der Waals surface area contributed by atoms with Gasteiger partial charge in [0, 0.05) is 44.6 Å². The molecule has 30 heavy (non-hydrogen) atoms. The number of carbonyl (C=O) groups excluding carboxylic acids is 1. The van der Waals surface area contributed by atoms with Crippen LogP contribution in [-0.2, 0) is 4.79 Å². The van der Waals surface area contributed by atoms with E-state index in [1.165, 1.54) is 0 Å². The zero-order chi connectivity index (χ0) is 21.1. The van der Waals surface area contributed by atoms with Crippen LogP contribution in [0.4, 0.5) is 5.69 Å². The van der Waals surface area contributed by atoms with Crippen molar-refractivity contribution in [2.75, 3.05) is 37.6 Å². The fraction of sp³-hybridized carbons (Fsp3) is 0.565. The van der Waals surface area contributed by atoms with Crippen molar-refractivity contribution < 1.29 is 4.79 Å². The molecule has 1 amide bonds. The monoisotopic (exact) mass is 406 g/mol. The lowest BCUT2D eigenvalue weighted by molar-refractivity contribution is -0.126. The number of rotatable bonds is 4. The first kappa shape index (κ1) is 20.5. The van der Waals surface area contributed by atoms with Gasteiger partial charge in [0.25, 0.3) is 0 Å². The van der Waals surface area contributed by atoms with Crippen molar-refractivity contribution in [3.8, 4) is 6.07 Å². The second kappa shape index (κ2) is 8.97. The summed E-state index contributed by atoms with van der Waals surface area (Å²) >= 11 is 0. The normalized spacial score (nSPS) is 23.3. The molecular formula is C23H30N6O. The predicted molar refractivity (Wildman–Crippen MR) is 117 cm³/mol. The average Bonchev–Trinajstić information content (AvgIpc) is 2.78. The number of benzene rings is 1. The molecular weight excluding hydrogens is 376 g/mol. The van der Waals surface area contributed by atoms with Crippen molar-refractivity contribution in [3.05, 3.63) is 30.1 Å². The Balaban J connectivity index is 1.50. The highest BCUT2D eigenvalue weighted by Crippen LogP contribution is 2.32. The number of carbonyl (C=O) groups is 1. The van der Waals surface area contributed by atoms with Gasteiger partial charge in [0.15, 0.2) is 0 Å². The molecule has 0 radical (unpaired) electrons. The molecule has 1 N–H and O–H groups in total. The lowest BCUT2D eigenvalue weighted by Gasteiger charge is -2.38. The van der Waals surface area contributed by atoms with Gasteiger partial charge >= 0.3 is 0 Å². The van der Waals surface area contributed by atoms with E-state index in [0.29, 0.717) is 23.5 Å². The zero-order valence-electron chi connectivity index (χ0n) is 17.8. The average molecular weight is 407 g/mol. The van der Waals surface area contributed by atoms with Gasteiger partial charge in [-0.25, -0.2) is 0 Å². The second-order valence-corrected chi connectivity index (χ2v) is 8.66. The van der Waals surface area contributed by atoms with Gasteiger partial charge in [-0.2, -0.15) is 5.26 Å². The molecule has 7 heteroatoms. The number of aromatic nitrogens is 2. The summed E-state index contributed by atoms with van der Waals surface area (Å²) in [4.78, 5) is 26.6. The van der Waals surface area contributed by atoms with Crippen LogP contribution in [0.3, 0.4) is 0 Å². The molecule has 2 unspecified atom stereocenters. The fourth-order valence-electron chi connectivity index (χ4n) is 4.84. The molecule has 2 fully saturated rings. The highest BCUT2D eigenvalue weighted by Gasteiger charge is 2.32. The standard InChI is InChI=1S/C23H30N6O/c1-3-28-10-6-19(7-11-28)27-23(30)18-12-16(2)14-29(15-18)20-5-4-17(13-24)21-22(20)26-9-8-25-21/h4-5,8-9,16,18-19H,3,6-7,10-12,14-15H2,1-2H3,(H,27,30). The van der Waals surface area contributed by atoms with Gasteiger partial charge in [-0.05, 0) is 43.9 Å². The van der Waals surface area contributed by atoms with Crippen LogP contribution in [0.1, 0.15) is 38.7 Å². The van der Waals surface area contributed by atoms with Crippen LogP contribution in [0.2, 0.25) is 0 Å². The third-order valence-corrected chi connectivity index (χ3v) is 6.48. The van der Waals surface area contributed by atoms with Crippen molar-refractivity contribution in [1.29, 1.82) is 5.26 Å². The number of nitrogens with zero attached hydrogens (tertiary/aromatic N) is 5. The van der Waals surface area contributed by atoms with Crippen LogP contribution in [0.15, 0.2) is 24.5 Å². The van der Waals surface area contributed by atoms with Crippen LogP contribution in [0.25, 0.3) is 11.0 Å². The third-order valence-electron chi connectivity index (χ3n) is 6.48. The van der Waals surface area contributed by atoms with E-state index < -0.39 is 0 Å². The zero-order valence-corrected chi connectivity index (χ0v) is 17.8. The topological polar surface area (TPSA) is 85.2 Å². The summed E-state index contributed by atoms with van der Waals surface area (Å²) in [5.74, 6) is 0.532. The molecule has 3 heterocycles. The van der Waals surface area contributed by atoms with Crippen LogP contribution in [0, 0.1) is 23.2 Å². The molecule has 4 rings (SSSR count). The Hall–Kier alpha value is -2.72. The maximum atomic E-state index is 13.1. The summed E-state index contributed by atoms with van der Waals surface area (Å²) in [7, 11) is 0. The highest BCUT2D eigenvalue weighted by molar-refractivity contribution is 5.92. The van der Waals surface area contributed by atoms with Gasteiger partial charge < -0.3 is 15.1 Å². The first-order chi connectivity index (χ1) is 14.6. The van der Waals surface area contributed by atoms with Gasteiger partial charge in [0.1, 0.15) is 17.1 Å². The minimum absolute atomic E-state index is 0.0414. The summed E-state index contributed by atoms with van der Waals surface area (Å²) in [6, 6.07) is 6.24. The van der Waals surface area contributed by atoms with Crippen molar-refractivity contribution in [3.63, 3.8) is 0 Å². The van der Waals surface area contributed by atoms with Crippen molar-refractivity contribution in [2.24, 2.45) is 11.8 Å². The summed E-state index contributed by atoms with van der Waals surface area (Å²) in [6.45, 7) is 9.13. The van der Waals surface area contributed by atoms with E-state index >= 15 is 0 Å². The van der Waals surface area contributed by atoms with Crippen molar-refractivity contribution >= 4 is 22.6 Å². The predicted octanol–water partition coefficient (Wildman–Crippen LogP) is 2.56. The van der Waals surface area contributed by atoms with E-state index in [-0.39, 0.29) is 17.9 Å². The summed E-state index contributed by atoms with van der Waals surface area (Å²) < 4.78 is 0. The molecule has 2 aromatic rings. The molecule has 1 aromatic heterocycles. The number of hydrogen-bond acceptors (Lipinski definition) is 6. The quantitative estimate of drug-likeness (QED) is 0.840. The number of nitrogens with one attached hydrogen (secondary N) is 1. The molecule has 2 aliphatic rings. The van der Waals surface area contributed by atoms with Crippen LogP contribution in [-0.4, -0.2) is 59.5 Å². The first-order valence-corrected chi connectivity index (χ1v) is 11.0. The minimum atomic E-state index is -0.0414. The molecule has 0 bridgehead atoms. The molecule has 2 saturated heterocycles. The van der Waals surface area contributed by atoms with E-state index in [9.17, 15) is 10.1 Å². The first-order valence-electron chi connectivity index (χ1n) is 11.0. The van der Waals surface area contributed by atoms with Gasteiger partial charge in [0.2, 0.25) is 5.91 Å². The smallest absolute Gasteiger partial charge is 0.225 e. The Bertz CT molecular complexity index is 946.